The Labute approximate surface area is 64.3 Å². The summed E-state index contributed by atoms with van der Waals surface area (Å²) in [7, 11) is 0. The van der Waals surface area contributed by atoms with Gasteiger partial charge in [-0.1, -0.05) is 39.3 Å². The van der Waals surface area contributed by atoms with Gasteiger partial charge in [-0.2, -0.15) is 0 Å². The lowest BCUT2D eigenvalue weighted by Gasteiger charge is -2.26. The van der Waals surface area contributed by atoms with Gasteiger partial charge < -0.3 is 0 Å². The molecule has 0 aromatic heterocycles. The fraction of sp³-hybridized carbons (Fsp3) is 0.800. The van der Waals surface area contributed by atoms with Gasteiger partial charge >= 0.3 is 0 Å². The van der Waals surface area contributed by atoms with E-state index < -0.39 is 0 Å². The normalized spacial score (nSPS) is 29.3. The molecule has 1 aliphatic carbocycles. The van der Waals surface area contributed by atoms with E-state index in [1.165, 1.54) is 19.3 Å². The highest BCUT2D eigenvalue weighted by molar-refractivity contribution is 5.05. The molecular formula is C10H18. The molecule has 0 fully saturated rings. The minimum atomic E-state index is 0.552. The summed E-state index contributed by atoms with van der Waals surface area (Å²) in [5.74, 6) is 0.845. The van der Waals surface area contributed by atoms with Crippen molar-refractivity contribution in [3.05, 3.63) is 12.2 Å². The maximum absolute atomic E-state index is 2.39. The highest BCUT2D eigenvalue weighted by Crippen LogP contribution is 2.39. The molecule has 58 valence electrons. The van der Waals surface area contributed by atoms with E-state index in [2.05, 4.69) is 32.9 Å². The van der Waals surface area contributed by atoms with Crippen LogP contribution in [0.2, 0.25) is 0 Å². The Morgan fingerprint density at radius 3 is 2.60 bits per heavy atom. The molecule has 0 aromatic rings. The third-order valence-electron chi connectivity index (χ3n) is 2.62. The fourth-order valence-corrected chi connectivity index (χ4v) is 1.75. The molecule has 0 heteroatoms. The van der Waals surface area contributed by atoms with Crippen molar-refractivity contribution in [1.29, 1.82) is 0 Å². The molecule has 0 aromatic carbocycles. The van der Waals surface area contributed by atoms with Gasteiger partial charge in [0.1, 0.15) is 0 Å². The lowest BCUT2D eigenvalue weighted by molar-refractivity contribution is 0.269. The molecule has 0 bridgehead atoms. The van der Waals surface area contributed by atoms with Crippen LogP contribution >= 0.6 is 0 Å². The Morgan fingerprint density at radius 2 is 2.20 bits per heavy atom. The third-order valence-corrected chi connectivity index (χ3v) is 2.62. The quantitative estimate of drug-likeness (QED) is 0.513. The van der Waals surface area contributed by atoms with Crippen LogP contribution in [0.3, 0.4) is 0 Å². The Balaban J connectivity index is 2.50. The zero-order chi connectivity index (χ0) is 7.61. The predicted octanol–water partition coefficient (Wildman–Crippen LogP) is 3.39. The first-order chi connectivity index (χ1) is 4.67. The van der Waals surface area contributed by atoms with Crippen LogP contribution in [0.25, 0.3) is 0 Å². The minimum Gasteiger partial charge on any atom is -0.0877 e. The van der Waals surface area contributed by atoms with E-state index >= 15 is 0 Å². The van der Waals surface area contributed by atoms with Gasteiger partial charge in [-0.15, -0.1) is 0 Å². The second kappa shape index (κ2) is 2.77. The second-order valence-electron chi connectivity index (χ2n) is 4.02. The Kier molecular flexibility index (Phi) is 2.18. The number of hydrogen-bond donors (Lipinski definition) is 0. The fourth-order valence-electron chi connectivity index (χ4n) is 1.75. The Bertz CT molecular complexity index is 131. The molecule has 0 aliphatic heterocycles. The van der Waals surface area contributed by atoms with Crippen molar-refractivity contribution in [3.8, 4) is 0 Å². The molecule has 0 nitrogen and oxygen atoms in total. The monoisotopic (exact) mass is 138 g/mol. The standard InChI is InChI=1S/C10H18/c1-4-6-9-7-5-8-10(9,2)3/h5,7,9H,4,6,8H2,1-3H3. The van der Waals surface area contributed by atoms with E-state index in [0.717, 1.165) is 5.92 Å². The minimum absolute atomic E-state index is 0.552. The molecule has 0 saturated carbocycles. The Hall–Kier alpha value is -0.260. The van der Waals surface area contributed by atoms with Gasteiger partial charge in [0.15, 0.2) is 0 Å². The topological polar surface area (TPSA) is 0 Å². The molecule has 0 heterocycles. The van der Waals surface area contributed by atoms with Gasteiger partial charge in [0.05, 0.1) is 0 Å². The molecule has 0 amide bonds. The number of hydrogen-bond acceptors (Lipinski definition) is 0. The van der Waals surface area contributed by atoms with Gasteiger partial charge in [-0.05, 0) is 24.2 Å². The first-order valence-electron chi connectivity index (χ1n) is 4.33. The van der Waals surface area contributed by atoms with E-state index in [4.69, 9.17) is 0 Å². The SMILES string of the molecule is CCCC1C=CCC1(C)C. The summed E-state index contributed by atoms with van der Waals surface area (Å²) >= 11 is 0. The summed E-state index contributed by atoms with van der Waals surface area (Å²) in [5.41, 5.74) is 0.552. The highest BCUT2D eigenvalue weighted by Gasteiger charge is 2.29. The summed E-state index contributed by atoms with van der Waals surface area (Å²) in [6.45, 7) is 7.00. The van der Waals surface area contributed by atoms with E-state index in [9.17, 15) is 0 Å². The van der Waals surface area contributed by atoms with Crippen molar-refractivity contribution in [2.24, 2.45) is 11.3 Å². The van der Waals surface area contributed by atoms with Gasteiger partial charge in [0, 0.05) is 0 Å². The third kappa shape index (κ3) is 1.42. The van der Waals surface area contributed by atoms with Gasteiger partial charge in [0.25, 0.3) is 0 Å². The smallest absolute Gasteiger partial charge is 0.0179 e. The van der Waals surface area contributed by atoms with Crippen molar-refractivity contribution >= 4 is 0 Å². The molecule has 0 spiro atoms. The average molecular weight is 138 g/mol. The maximum Gasteiger partial charge on any atom is -0.0179 e. The van der Waals surface area contributed by atoms with Crippen LogP contribution in [0.15, 0.2) is 12.2 Å². The lowest BCUT2D eigenvalue weighted by Crippen LogP contribution is -2.17. The zero-order valence-electron chi connectivity index (χ0n) is 7.35. The van der Waals surface area contributed by atoms with Crippen molar-refractivity contribution in [1.82, 2.24) is 0 Å². The summed E-state index contributed by atoms with van der Waals surface area (Å²) < 4.78 is 0. The Morgan fingerprint density at radius 1 is 1.50 bits per heavy atom. The summed E-state index contributed by atoms with van der Waals surface area (Å²) in [4.78, 5) is 0. The van der Waals surface area contributed by atoms with E-state index in [-0.39, 0.29) is 0 Å². The maximum atomic E-state index is 2.39. The molecule has 1 rings (SSSR count). The van der Waals surface area contributed by atoms with Crippen LogP contribution in [-0.4, -0.2) is 0 Å². The van der Waals surface area contributed by atoms with Gasteiger partial charge in [0.2, 0.25) is 0 Å². The zero-order valence-corrected chi connectivity index (χ0v) is 7.35. The first-order valence-corrected chi connectivity index (χ1v) is 4.33. The average Bonchev–Trinajstić information content (AvgIpc) is 2.13. The van der Waals surface area contributed by atoms with E-state index in [1.807, 2.05) is 0 Å². The second-order valence-corrected chi connectivity index (χ2v) is 4.02. The largest absolute Gasteiger partial charge is 0.0877 e. The highest BCUT2D eigenvalue weighted by atomic mass is 14.3. The predicted molar refractivity (Wildman–Crippen MR) is 45.9 cm³/mol. The van der Waals surface area contributed by atoms with Crippen molar-refractivity contribution < 1.29 is 0 Å². The van der Waals surface area contributed by atoms with Crippen LogP contribution in [-0.2, 0) is 0 Å². The lowest BCUT2D eigenvalue weighted by atomic mass is 9.79. The number of rotatable bonds is 2. The van der Waals surface area contributed by atoms with Crippen LogP contribution in [0.1, 0.15) is 40.0 Å². The molecule has 0 N–H and O–H groups in total. The van der Waals surface area contributed by atoms with E-state index in [0.29, 0.717) is 5.41 Å². The van der Waals surface area contributed by atoms with Crippen molar-refractivity contribution in [3.63, 3.8) is 0 Å². The van der Waals surface area contributed by atoms with Gasteiger partial charge in [-0.25, -0.2) is 0 Å². The molecule has 1 aliphatic rings. The molecule has 0 saturated heterocycles. The van der Waals surface area contributed by atoms with E-state index in [1.54, 1.807) is 0 Å². The first kappa shape index (κ1) is 7.84. The molecule has 10 heavy (non-hydrogen) atoms. The van der Waals surface area contributed by atoms with Crippen LogP contribution in [0.5, 0.6) is 0 Å². The summed E-state index contributed by atoms with van der Waals surface area (Å²) in [6, 6.07) is 0. The molecule has 1 atom stereocenters. The summed E-state index contributed by atoms with van der Waals surface area (Å²) in [6.07, 6.45) is 8.68. The van der Waals surface area contributed by atoms with Crippen molar-refractivity contribution in [2.75, 3.05) is 0 Å². The van der Waals surface area contributed by atoms with Crippen molar-refractivity contribution in [2.45, 2.75) is 40.0 Å². The van der Waals surface area contributed by atoms with Crippen LogP contribution in [0.4, 0.5) is 0 Å². The molecule has 0 radical (unpaired) electrons. The molecule has 1 unspecified atom stereocenters. The van der Waals surface area contributed by atoms with Crippen LogP contribution < -0.4 is 0 Å². The van der Waals surface area contributed by atoms with Gasteiger partial charge in [-0.3, -0.25) is 0 Å². The van der Waals surface area contributed by atoms with Crippen LogP contribution in [0, 0.1) is 11.3 Å². The molecular weight excluding hydrogens is 120 g/mol. The number of allylic oxidation sites excluding steroid dienone is 2. The summed E-state index contributed by atoms with van der Waals surface area (Å²) in [5, 5.41) is 0.